The topological polar surface area (TPSA) is 111 Å². The molecule has 0 aliphatic carbocycles. The van der Waals surface area contributed by atoms with E-state index in [1.165, 1.54) is 10.5 Å². The standard InChI is InChI=1S/C31H28N4O5S/c1-3-8-22-19-26(36)35-27(29(37)32-20-11-15-23(16-12-20)39-4-2)28(41-31(35)34-22)30(38)33-21-13-17-25(18-14-21)40-24-9-6-5-7-10-24/h5-7,9-19H,3-4,8H2,1-2H3,(H,32,37)(H,33,38). The molecule has 2 aromatic heterocycles. The van der Waals surface area contributed by atoms with Crippen molar-refractivity contribution in [2.75, 3.05) is 17.2 Å². The molecule has 0 fully saturated rings. The van der Waals surface area contributed by atoms with Gasteiger partial charge in [0.05, 0.1) is 6.61 Å². The van der Waals surface area contributed by atoms with Crippen LogP contribution in [-0.4, -0.2) is 27.8 Å². The number of nitrogens with zero attached hydrogens (tertiary/aromatic N) is 2. The Labute approximate surface area is 240 Å². The summed E-state index contributed by atoms with van der Waals surface area (Å²) in [6, 6.07) is 24.5. The molecule has 0 aliphatic rings. The van der Waals surface area contributed by atoms with Gasteiger partial charge in [0.25, 0.3) is 17.4 Å². The summed E-state index contributed by atoms with van der Waals surface area (Å²) in [7, 11) is 0. The first-order valence-electron chi connectivity index (χ1n) is 13.2. The largest absolute Gasteiger partial charge is 0.494 e. The monoisotopic (exact) mass is 568 g/mol. The maximum absolute atomic E-state index is 13.5. The number of hydrogen-bond donors (Lipinski definition) is 2. The normalized spacial score (nSPS) is 10.8. The Hall–Kier alpha value is -4.96. The van der Waals surface area contributed by atoms with Crippen LogP contribution >= 0.6 is 11.3 Å². The van der Waals surface area contributed by atoms with Gasteiger partial charge in [-0.25, -0.2) is 9.38 Å². The Morgan fingerprint density at radius 1 is 0.829 bits per heavy atom. The summed E-state index contributed by atoms with van der Waals surface area (Å²) in [6.45, 7) is 4.39. The van der Waals surface area contributed by atoms with Crippen molar-refractivity contribution in [1.82, 2.24) is 9.38 Å². The molecular weight excluding hydrogens is 540 g/mol. The van der Waals surface area contributed by atoms with E-state index in [1.807, 2.05) is 44.2 Å². The third kappa shape index (κ3) is 6.44. The van der Waals surface area contributed by atoms with Crippen molar-refractivity contribution < 1.29 is 19.1 Å². The van der Waals surface area contributed by atoms with Crippen LogP contribution in [0, 0.1) is 0 Å². The van der Waals surface area contributed by atoms with Crippen LogP contribution in [0.15, 0.2) is 89.7 Å². The number of carbonyl (C=O) groups is 2. The number of anilines is 2. The Kier molecular flexibility index (Phi) is 8.40. The smallest absolute Gasteiger partial charge is 0.274 e. The van der Waals surface area contributed by atoms with Crippen LogP contribution in [0.4, 0.5) is 11.4 Å². The number of amides is 2. The van der Waals surface area contributed by atoms with Gasteiger partial charge in [-0.3, -0.25) is 14.4 Å². The molecular formula is C31H28N4O5S. The van der Waals surface area contributed by atoms with Crippen molar-refractivity contribution >= 4 is 39.5 Å². The van der Waals surface area contributed by atoms with E-state index in [4.69, 9.17) is 9.47 Å². The number of fused-ring (bicyclic) bond motifs is 1. The number of ether oxygens (including phenoxy) is 2. The van der Waals surface area contributed by atoms with E-state index >= 15 is 0 Å². The number of aryl methyl sites for hydroxylation is 1. The maximum atomic E-state index is 13.5. The molecule has 208 valence electrons. The van der Waals surface area contributed by atoms with Crippen molar-refractivity contribution in [3.05, 3.63) is 112 Å². The Bertz CT molecular complexity index is 1730. The van der Waals surface area contributed by atoms with Gasteiger partial charge in [-0.15, -0.1) is 0 Å². The zero-order chi connectivity index (χ0) is 28.8. The zero-order valence-corrected chi connectivity index (χ0v) is 23.4. The molecule has 0 radical (unpaired) electrons. The molecule has 9 nitrogen and oxygen atoms in total. The molecule has 2 amide bonds. The van der Waals surface area contributed by atoms with Crippen molar-refractivity contribution in [1.29, 1.82) is 0 Å². The zero-order valence-electron chi connectivity index (χ0n) is 22.5. The van der Waals surface area contributed by atoms with Gasteiger partial charge in [-0.2, -0.15) is 0 Å². The van der Waals surface area contributed by atoms with Crippen LogP contribution in [0.3, 0.4) is 0 Å². The first kappa shape index (κ1) is 27.6. The maximum Gasteiger partial charge on any atom is 0.274 e. The highest BCUT2D eigenvalue weighted by atomic mass is 32.1. The second-order valence-electron chi connectivity index (χ2n) is 9.04. The number of nitrogens with one attached hydrogen (secondary N) is 2. The number of rotatable bonds is 10. The van der Waals surface area contributed by atoms with Crippen molar-refractivity contribution in [3.8, 4) is 17.2 Å². The van der Waals surface area contributed by atoms with Crippen LogP contribution in [0.5, 0.6) is 17.2 Å². The summed E-state index contributed by atoms with van der Waals surface area (Å²) in [6.07, 6.45) is 1.41. The molecule has 2 N–H and O–H groups in total. The fourth-order valence-corrected chi connectivity index (χ4v) is 5.22. The predicted molar refractivity (Wildman–Crippen MR) is 160 cm³/mol. The summed E-state index contributed by atoms with van der Waals surface area (Å²) in [4.78, 5) is 45.1. The molecule has 3 aromatic carbocycles. The minimum Gasteiger partial charge on any atom is -0.494 e. The first-order chi connectivity index (χ1) is 19.9. The fourth-order valence-electron chi connectivity index (χ4n) is 4.17. The van der Waals surface area contributed by atoms with Gasteiger partial charge >= 0.3 is 0 Å². The van der Waals surface area contributed by atoms with E-state index < -0.39 is 17.4 Å². The molecule has 0 saturated carbocycles. The lowest BCUT2D eigenvalue weighted by Crippen LogP contribution is -2.25. The van der Waals surface area contributed by atoms with Crippen LogP contribution in [0.2, 0.25) is 0 Å². The van der Waals surface area contributed by atoms with Gasteiger partial charge in [-0.1, -0.05) is 42.9 Å². The van der Waals surface area contributed by atoms with Gasteiger partial charge in [-0.05, 0) is 74.0 Å². The Balaban J connectivity index is 1.44. The number of carbonyl (C=O) groups excluding carboxylic acids is 2. The quantitative estimate of drug-likeness (QED) is 0.202. The number of thiazole rings is 1. The van der Waals surface area contributed by atoms with E-state index in [9.17, 15) is 14.4 Å². The van der Waals surface area contributed by atoms with E-state index in [1.54, 1.807) is 48.5 Å². The molecule has 5 rings (SSSR count). The second kappa shape index (κ2) is 12.5. The first-order valence-corrected chi connectivity index (χ1v) is 14.0. The lowest BCUT2D eigenvalue weighted by molar-refractivity contribution is 0.0989. The third-order valence-corrected chi connectivity index (χ3v) is 7.05. The van der Waals surface area contributed by atoms with Gasteiger partial charge in [0, 0.05) is 23.1 Å². The highest BCUT2D eigenvalue weighted by molar-refractivity contribution is 7.19. The molecule has 0 spiro atoms. The van der Waals surface area contributed by atoms with Gasteiger partial charge in [0.2, 0.25) is 0 Å². The third-order valence-electron chi connectivity index (χ3n) is 6.01. The minimum absolute atomic E-state index is 0.0660. The molecule has 5 aromatic rings. The molecule has 0 bridgehead atoms. The van der Waals surface area contributed by atoms with Crippen molar-refractivity contribution in [3.63, 3.8) is 0 Å². The molecule has 0 atom stereocenters. The Morgan fingerprint density at radius 3 is 2.07 bits per heavy atom. The molecule has 2 heterocycles. The van der Waals surface area contributed by atoms with E-state index in [0.717, 1.165) is 17.8 Å². The predicted octanol–water partition coefficient (Wildman–Crippen LogP) is 6.40. The Morgan fingerprint density at radius 2 is 1.44 bits per heavy atom. The summed E-state index contributed by atoms with van der Waals surface area (Å²) < 4.78 is 12.5. The summed E-state index contributed by atoms with van der Waals surface area (Å²) in [5.41, 5.74) is 1.09. The van der Waals surface area contributed by atoms with Crippen LogP contribution in [0.1, 0.15) is 46.1 Å². The number of para-hydroxylation sites is 1. The molecule has 10 heteroatoms. The van der Waals surface area contributed by atoms with Gasteiger partial charge in [0.15, 0.2) is 4.96 Å². The second-order valence-corrected chi connectivity index (χ2v) is 10.0. The molecule has 0 saturated heterocycles. The summed E-state index contributed by atoms with van der Waals surface area (Å²) in [5.74, 6) is 0.814. The van der Waals surface area contributed by atoms with Crippen molar-refractivity contribution in [2.45, 2.75) is 26.7 Å². The molecule has 41 heavy (non-hydrogen) atoms. The average Bonchev–Trinajstić information content (AvgIpc) is 3.37. The molecule has 0 aliphatic heterocycles. The number of benzene rings is 3. The summed E-state index contributed by atoms with van der Waals surface area (Å²) in [5, 5.41) is 5.62. The lowest BCUT2D eigenvalue weighted by Gasteiger charge is -2.10. The van der Waals surface area contributed by atoms with E-state index in [0.29, 0.717) is 47.3 Å². The average molecular weight is 569 g/mol. The number of hydrogen-bond acceptors (Lipinski definition) is 7. The number of aromatic nitrogens is 2. The van der Waals surface area contributed by atoms with E-state index in [-0.39, 0.29) is 15.5 Å². The van der Waals surface area contributed by atoms with Crippen LogP contribution in [0.25, 0.3) is 4.96 Å². The fraction of sp³-hybridized carbons (Fsp3) is 0.161. The summed E-state index contributed by atoms with van der Waals surface area (Å²) >= 11 is 0.993. The minimum atomic E-state index is -0.607. The lowest BCUT2D eigenvalue weighted by atomic mass is 10.2. The van der Waals surface area contributed by atoms with E-state index in [2.05, 4.69) is 15.6 Å². The highest BCUT2D eigenvalue weighted by Gasteiger charge is 2.26. The SMILES string of the molecule is CCCc1cc(=O)n2c(C(=O)Nc3ccc(OCC)cc3)c(C(=O)Nc3ccc(Oc4ccccc4)cc3)sc2n1. The van der Waals surface area contributed by atoms with Gasteiger partial charge in [0.1, 0.15) is 27.8 Å². The van der Waals surface area contributed by atoms with Crippen LogP contribution in [-0.2, 0) is 6.42 Å². The highest BCUT2D eigenvalue weighted by Crippen LogP contribution is 2.26. The van der Waals surface area contributed by atoms with Crippen LogP contribution < -0.4 is 25.7 Å². The van der Waals surface area contributed by atoms with Gasteiger partial charge < -0.3 is 20.1 Å². The molecule has 0 unspecified atom stereocenters. The van der Waals surface area contributed by atoms with Crippen molar-refractivity contribution in [2.24, 2.45) is 0 Å².